The number of carbonyl (C=O) groups is 1. The smallest absolute Gasteiger partial charge is 0.238 e. The molecule has 2 aromatic rings. The molecule has 1 aliphatic heterocycles. The number of aliphatic hydroxyl groups is 1. The summed E-state index contributed by atoms with van der Waals surface area (Å²) in [6.07, 6.45) is 6.65. The van der Waals surface area contributed by atoms with Crippen LogP contribution in [-0.2, 0) is 11.2 Å². The van der Waals surface area contributed by atoms with Crippen LogP contribution in [0.15, 0.2) is 42.5 Å². The predicted octanol–water partition coefficient (Wildman–Crippen LogP) is 5.10. The van der Waals surface area contributed by atoms with Crippen LogP contribution < -0.4 is 10.1 Å². The Kier molecular flexibility index (Phi) is 7.94. The highest BCUT2D eigenvalue weighted by atomic mass is 35.5. The Morgan fingerprint density at radius 3 is 2.61 bits per heavy atom. The van der Waals surface area contributed by atoms with Crippen LogP contribution in [0.2, 0.25) is 0 Å². The van der Waals surface area contributed by atoms with Crippen LogP contribution in [0.5, 0.6) is 5.75 Å². The van der Waals surface area contributed by atoms with E-state index < -0.39 is 6.23 Å². The van der Waals surface area contributed by atoms with E-state index in [1.54, 1.807) is 7.11 Å². The van der Waals surface area contributed by atoms with E-state index in [1.165, 1.54) is 12.0 Å². The van der Waals surface area contributed by atoms with Gasteiger partial charge in [0.1, 0.15) is 17.9 Å². The molecule has 3 atom stereocenters. The van der Waals surface area contributed by atoms with Crippen LogP contribution in [0, 0.1) is 0 Å². The quantitative estimate of drug-likeness (QED) is 0.395. The van der Waals surface area contributed by atoms with Crippen molar-refractivity contribution in [3.8, 4) is 5.75 Å². The number of halogens is 1. The summed E-state index contributed by atoms with van der Waals surface area (Å²) in [6.45, 7) is 2.17. The minimum absolute atomic E-state index is 0.0350. The van der Waals surface area contributed by atoms with Crippen molar-refractivity contribution in [2.75, 3.05) is 13.0 Å². The molecule has 0 aromatic heterocycles. The van der Waals surface area contributed by atoms with Gasteiger partial charge in [0.2, 0.25) is 5.91 Å². The Balaban J connectivity index is 1.69. The summed E-state index contributed by atoms with van der Waals surface area (Å²) >= 11 is 6.09. The number of ether oxygens (including phenoxy) is 1. The number of carbonyl (C=O) groups excluding carboxylic acids is 1. The number of rotatable bonds is 9. The number of aliphatic hydroxyl groups excluding tert-OH is 1. The van der Waals surface area contributed by atoms with E-state index in [1.807, 2.05) is 35.2 Å². The molecule has 2 aliphatic rings. The number of alkyl halides is 1. The van der Waals surface area contributed by atoms with Gasteiger partial charge in [0, 0.05) is 12.1 Å². The molecule has 2 aromatic carbocycles. The molecule has 33 heavy (non-hydrogen) atoms. The van der Waals surface area contributed by atoms with Crippen LogP contribution in [0.25, 0.3) is 0 Å². The summed E-state index contributed by atoms with van der Waals surface area (Å²) < 4.78 is 5.48. The normalized spacial score (nSPS) is 21.3. The predicted molar refractivity (Wildman–Crippen MR) is 132 cm³/mol. The van der Waals surface area contributed by atoms with Gasteiger partial charge in [0.05, 0.1) is 13.2 Å². The van der Waals surface area contributed by atoms with E-state index in [2.05, 4.69) is 24.4 Å². The van der Waals surface area contributed by atoms with Gasteiger partial charge in [0.15, 0.2) is 0 Å². The van der Waals surface area contributed by atoms with Gasteiger partial charge in [-0.1, -0.05) is 56.5 Å². The fourth-order valence-corrected chi connectivity index (χ4v) is 5.20. The molecule has 6 heteroatoms. The van der Waals surface area contributed by atoms with Crippen molar-refractivity contribution in [1.82, 2.24) is 10.2 Å². The first-order chi connectivity index (χ1) is 16.0. The number of hydrogen-bond acceptors (Lipinski definition) is 4. The minimum Gasteiger partial charge on any atom is -0.497 e. The van der Waals surface area contributed by atoms with Crippen LogP contribution in [-0.4, -0.2) is 41.0 Å². The van der Waals surface area contributed by atoms with Crippen molar-refractivity contribution in [3.05, 3.63) is 64.7 Å². The molecule has 4 rings (SSSR count). The van der Waals surface area contributed by atoms with Gasteiger partial charge in [0.25, 0.3) is 0 Å². The lowest BCUT2D eigenvalue weighted by atomic mass is 9.82. The Bertz CT molecular complexity index is 945. The second-order valence-electron chi connectivity index (χ2n) is 9.27. The SMILES string of the molecule is CCCC[C@H]1Cc2cc(OC)ccc2[C@H](c2ccc(C(O)NC3CCC3)cc2)N1C(=O)CCl. The van der Waals surface area contributed by atoms with Crippen molar-refractivity contribution in [1.29, 1.82) is 0 Å². The fourth-order valence-electron chi connectivity index (χ4n) is 5.06. The molecule has 0 bridgehead atoms. The van der Waals surface area contributed by atoms with Crippen molar-refractivity contribution in [3.63, 3.8) is 0 Å². The molecule has 1 amide bonds. The van der Waals surface area contributed by atoms with E-state index in [0.29, 0.717) is 6.04 Å². The number of methoxy groups -OCH3 is 1. The van der Waals surface area contributed by atoms with E-state index in [4.69, 9.17) is 16.3 Å². The number of amides is 1. The number of nitrogens with one attached hydrogen (secondary N) is 1. The Morgan fingerprint density at radius 2 is 2.00 bits per heavy atom. The lowest BCUT2D eigenvalue weighted by Gasteiger charge is -2.44. The zero-order valence-electron chi connectivity index (χ0n) is 19.6. The fraction of sp³-hybridized carbons (Fsp3) is 0.519. The van der Waals surface area contributed by atoms with Gasteiger partial charge in [-0.2, -0.15) is 0 Å². The highest BCUT2D eigenvalue weighted by molar-refractivity contribution is 6.27. The van der Waals surface area contributed by atoms with Crippen LogP contribution in [0.3, 0.4) is 0 Å². The number of hydrogen-bond donors (Lipinski definition) is 2. The van der Waals surface area contributed by atoms with Gasteiger partial charge in [-0.15, -0.1) is 11.6 Å². The summed E-state index contributed by atoms with van der Waals surface area (Å²) in [5.41, 5.74) is 4.20. The summed E-state index contributed by atoms with van der Waals surface area (Å²) in [6, 6.07) is 14.4. The molecular weight excluding hydrogens is 436 g/mol. The van der Waals surface area contributed by atoms with E-state index >= 15 is 0 Å². The zero-order valence-corrected chi connectivity index (χ0v) is 20.4. The van der Waals surface area contributed by atoms with Gasteiger partial charge in [-0.3, -0.25) is 10.1 Å². The maximum atomic E-state index is 13.1. The first-order valence-electron chi connectivity index (χ1n) is 12.1. The number of unbranched alkanes of at least 4 members (excludes halogenated alkanes) is 1. The lowest BCUT2D eigenvalue weighted by molar-refractivity contribution is -0.133. The molecular formula is C27H35ClN2O3. The Hall–Kier alpha value is -2.08. The van der Waals surface area contributed by atoms with E-state index in [0.717, 1.165) is 61.0 Å². The van der Waals surface area contributed by atoms with Crippen molar-refractivity contribution < 1.29 is 14.6 Å². The molecule has 2 N–H and O–H groups in total. The molecule has 178 valence electrons. The van der Waals surface area contributed by atoms with Crippen LogP contribution in [0.1, 0.15) is 80.0 Å². The topological polar surface area (TPSA) is 61.8 Å². The molecule has 1 fully saturated rings. The van der Waals surface area contributed by atoms with Gasteiger partial charge >= 0.3 is 0 Å². The highest BCUT2D eigenvalue weighted by Crippen LogP contribution is 2.41. The minimum atomic E-state index is -0.676. The maximum Gasteiger partial charge on any atom is 0.238 e. The van der Waals surface area contributed by atoms with Crippen molar-refractivity contribution in [2.45, 2.75) is 76.2 Å². The molecule has 0 spiro atoms. The largest absolute Gasteiger partial charge is 0.497 e. The molecule has 5 nitrogen and oxygen atoms in total. The zero-order chi connectivity index (χ0) is 23.4. The third-order valence-corrected chi connectivity index (χ3v) is 7.36. The average molecular weight is 471 g/mol. The van der Waals surface area contributed by atoms with E-state index in [-0.39, 0.29) is 23.9 Å². The van der Waals surface area contributed by atoms with Gasteiger partial charge < -0.3 is 14.7 Å². The van der Waals surface area contributed by atoms with Crippen molar-refractivity contribution in [2.24, 2.45) is 0 Å². The first kappa shape index (κ1) is 24.1. The number of benzene rings is 2. The molecule has 1 aliphatic carbocycles. The molecule has 1 saturated carbocycles. The summed E-state index contributed by atoms with van der Waals surface area (Å²) in [5, 5.41) is 13.9. The summed E-state index contributed by atoms with van der Waals surface area (Å²) in [7, 11) is 1.68. The van der Waals surface area contributed by atoms with Gasteiger partial charge in [-0.05, 0) is 60.1 Å². The van der Waals surface area contributed by atoms with Crippen molar-refractivity contribution >= 4 is 17.5 Å². The number of fused-ring (bicyclic) bond motifs is 1. The molecule has 1 heterocycles. The maximum absolute atomic E-state index is 13.1. The van der Waals surface area contributed by atoms with Gasteiger partial charge in [-0.25, -0.2) is 0 Å². The monoisotopic (exact) mass is 470 g/mol. The third-order valence-electron chi connectivity index (χ3n) is 7.13. The second kappa shape index (κ2) is 10.9. The third kappa shape index (κ3) is 5.21. The first-order valence-corrected chi connectivity index (χ1v) is 12.7. The van der Waals surface area contributed by atoms with E-state index in [9.17, 15) is 9.90 Å². The highest BCUT2D eigenvalue weighted by Gasteiger charge is 2.38. The average Bonchev–Trinajstić information content (AvgIpc) is 2.83. The number of nitrogens with zero attached hydrogens (tertiary/aromatic N) is 1. The molecule has 0 saturated heterocycles. The molecule has 0 radical (unpaired) electrons. The summed E-state index contributed by atoms with van der Waals surface area (Å²) in [5.74, 6) is 0.756. The standard InChI is InChI=1S/C27H35ClN2O3/c1-3-4-8-22-15-20-16-23(33-2)13-14-24(20)26(30(22)25(31)17-28)18-9-11-19(12-10-18)27(32)29-21-6-5-7-21/h9-14,16,21-22,26-27,29,32H,3-8,15,17H2,1-2H3/t22-,26-,27?/m0/s1. The Morgan fingerprint density at radius 1 is 1.24 bits per heavy atom. The lowest BCUT2D eigenvalue weighted by Crippen LogP contribution is -2.48. The second-order valence-corrected chi connectivity index (χ2v) is 9.53. The Labute approximate surface area is 202 Å². The summed E-state index contributed by atoms with van der Waals surface area (Å²) in [4.78, 5) is 15.1. The van der Waals surface area contributed by atoms with Crippen LogP contribution in [0.4, 0.5) is 0 Å². The van der Waals surface area contributed by atoms with Crippen LogP contribution >= 0.6 is 11.6 Å². The molecule has 1 unspecified atom stereocenters.